The number of anilines is 1. The summed E-state index contributed by atoms with van der Waals surface area (Å²) in [7, 11) is 0. The number of benzene rings is 7. The number of hydrogen-bond donors (Lipinski definition) is 1. The number of hydrogen-bond acceptors (Lipinski definition) is 5. The van der Waals surface area contributed by atoms with Crippen molar-refractivity contribution in [2.75, 3.05) is 4.90 Å². The zero-order chi connectivity index (χ0) is 44.3. The molecule has 1 aliphatic carbocycles. The predicted octanol–water partition coefficient (Wildman–Crippen LogP) is 15.1. The number of fused-ring (bicyclic) bond motifs is 4. The maximum absolute atomic E-state index is 11.2. The standard InChI is InChI=1S/C59H55N3O2/c1-37(2)43-29-45(32-47(31-43)64-52-28-27-41-30-46(58(3,4)5)35-51(63)53(41)60-52)57-61-54-48-26-18-17-25-42(48)36-59(6,7)56(54)62(57)55-49(39-21-13-9-14-22-39)33-44(38-19-11-8-12-20-38)34-50(55)40-23-15-10-16-24-40/h8-35,37,54,56,63H,36H2,1-7H3/t54-,56-/m0/s1. The first-order chi connectivity index (χ1) is 30.8. The number of pyridine rings is 1. The first-order valence-corrected chi connectivity index (χ1v) is 22.6. The monoisotopic (exact) mass is 837 g/mol. The van der Waals surface area contributed by atoms with Crippen LogP contribution in [0.25, 0.3) is 44.3 Å². The highest BCUT2D eigenvalue weighted by molar-refractivity contribution is 6.16. The molecule has 0 saturated carbocycles. The van der Waals surface area contributed by atoms with Crippen molar-refractivity contribution in [1.82, 2.24) is 4.98 Å². The third kappa shape index (κ3) is 7.53. The van der Waals surface area contributed by atoms with Crippen LogP contribution < -0.4 is 9.64 Å². The van der Waals surface area contributed by atoms with Crippen molar-refractivity contribution in [2.45, 2.75) is 78.3 Å². The summed E-state index contributed by atoms with van der Waals surface area (Å²) in [4.78, 5) is 13.4. The minimum atomic E-state index is -0.177. The number of phenolic OH excluding ortho intramolecular Hbond substituents is 1. The van der Waals surface area contributed by atoms with E-state index in [4.69, 9.17) is 14.7 Å². The lowest BCUT2D eigenvalue weighted by Crippen LogP contribution is -2.50. The van der Waals surface area contributed by atoms with Crippen LogP contribution in [0.3, 0.4) is 0 Å². The smallest absolute Gasteiger partial charge is 0.219 e. The van der Waals surface area contributed by atoms with E-state index in [0.29, 0.717) is 17.1 Å². The van der Waals surface area contributed by atoms with Gasteiger partial charge in [-0.3, -0.25) is 4.99 Å². The third-order valence-corrected chi connectivity index (χ3v) is 13.2. The highest BCUT2D eigenvalue weighted by Gasteiger charge is 2.51. The Morgan fingerprint density at radius 3 is 1.89 bits per heavy atom. The summed E-state index contributed by atoms with van der Waals surface area (Å²) < 4.78 is 6.74. The third-order valence-electron chi connectivity index (χ3n) is 13.2. The molecule has 0 spiro atoms. The van der Waals surface area contributed by atoms with Gasteiger partial charge in [-0.2, -0.15) is 0 Å². The molecule has 64 heavy (non-hydrogen) atoms. The average molecular weight is 838 g/mol. The maximum atomic E-state index is 11.2. The second kappa shape index (κ2) is 16.0. The van der Waals surface area contributed by atoms with E-state index in [9.17, 15) is 5.11 Å². The molecule has 10 rings (SSSR count). The molecule has 7 aromatic carbocycles. The molecule has 0 unspecified atom stereocenters. The normalized spacial score (nSPS) is 16.7. The highest BCUT2D eigenvalue weighted by atomic mass is 16.5. The molecule has 5 heteroatoms. The molecule has 1 aliphatic heterocycles. The van der Waals surface area contributed by atoms with Crippen molar-refractivity contribution < 1.29 is 9.84 Å². The Bertz CT molecular complexity index is 3000. The summed E-state index contributed by atoms with van der Waals surface area (Å²) in [5, 5.41) is 12.1. The Labute approximate surface area is 377 Å². The lowest BCUT2D eigenvalue weighted by molar-refractivity contribution is 0.245. The number of aromatic hydroxyl groups is 1. The number of aliphatic imine (C=N–C) groups is 1. The highest BCUT2D eigenvalue weighted by Crippen LogP contribution is 2.55. The van der Waals surface area contributed by atoms with Crippen LogP contribution in [0.5, 0.6) is 17.4 Å². The van der Waals surface area contributed by atoms with Gasteiger partial charge in [0.1, 0.15) is 22.9 Å². The van der Waals surface area contributed by atoms with E-state index in [2.05, 4.69) is 205 Å². The van der Waals surface area contributed by atoms with E-state index in [1.165, 1.54) is 16.7 Å². The molecule has 2 aliphatic rings. The molecule has 1 aromatic heterocycles. The predicted molar refractivity (Wildman–Crippen MR) is 265 cm³/mol. The number of amidine groups is 1. The van der Waals surface area contributed by atoms with Crippen LogP contribution in [-0.4, -0.2) is 22.0 Å². The van der Waals surface area contributed by atoms with Crippen molar-refractivity contribution in [1.29, 1.82) is 0 Å². The molecule has 5 nitrogen and oxygen atoms in total. The van der Waals surface area contributed by atoms with Gasteiger partial charge in [-0.1, -0.05) is 164 Å². The van der Waals surface area contributed by atoms with E-state index >= 15 is 0 Å². The Morgan fingerprint density at radius 1 is 0.656 bits per heavy atom. The van der Waals surface area contributed by atoms with Crippen molar-refractivity contribution in [3.63, 3.8) is 0 Å². The van der Waals surface area contributed by atoms with Gasteiger partial charge < -0.3 is 14.7 Å². The second-order valence-electron chi connectivity index (χ2n) is 19.6. The molecule has 8 aromatic rings. The molecular formula is C59H55N3O2. The number of ether oxygens (including phenoxy) is 1. The van der Waals surface area contributed by atoms with Gasteiger partial charge >= 0.3 is 0 Å². The van der Waals surface area contributed by atoms with Crippen LogP contribution in [0.15, 0.2) is 175 Å². The quantitative estimate of drug-likeness (QED) is 0.166. The lowest BCUT2D eigenvalue weighted by atomic mass is 9.68. The van der Waals surface area contributed by atoms with Gasteiger partial charge in [0.2, 0.25) is 5.88 Å². The van der Waals surface area contributed by atoms with Crippen LogP contribution >= 0.6 is 0 Å². The van der Waals surface area contributed by atoms with Crippen LogP contribution in [0, 0.1) is 5.41 Å². The fourth-order valence-electron chi connectivity index (χ4n) is 9.91. The molecule has 2 heterocycles. The minimum Gasteiger partial charge on any atom is -0.506 e. The fourth-order valence-corrected chi connectivity index (χ4v) is 9.91. The summed E-state index contributed by atoms with van der Waals surface area (Å²) in [5.41, 5.74) is 14.1. The van der Waals surface area contributed by atoms with Gasteiger partial charge in [0, 0.05) is 28.1 Å². The van der Waals surface area contributed by atoms with E-state index in [-0.39, 0.29) is 34.6 Å². The van der Waals surface area contributed by atoms with Gasteiger partial charge in [0.05, 0.1) is 17.8 Å². The van der Waals surface area contributed by atoms with Gasteiger partial charge in [-0.15, -0.1) is 0 Å². The van der Waals surface area contributed by atoms with Crippen LogP contribution in [0.1, 0.15) is 88.2 Å². The number of nitrogens with zero attached hydrogens (tertiary/aromatic N) is 3. The summed E-state index contributed by atoms with van der Waals surface area (Å²) in [5.74, 6) is 2.34. The molecule has 0 fully saturated rings. The Balaban J connectivity index is 1.21. The fraction of sp³-hybridized carbons (Fsp3) is 0.220. The van der Waals surface area contributed by atoms with Gasteiger partial charge in [-0.05, 0) is 116 Å². The molecule has 318 valence electrons. The summed E-state index contributed by atoms with van der Waals surface area (Å²) >= 11 is 0. The minimum absolute atomic E-state index is 0.0138. The Hall–Kier alpha value is -6.98. The zero-order valence-corrected chi connectivity index (χ0v) is 37.8. The SMILES string of the molecule is CC(C)c1cc(Oc2ccc3cc(C(C)(C)C)cc(O)c3n2)cc(C2=N[C@H]3c4ccccc4CC(C)(C)[C@H]3N2c2c(-c3ccccc3)cc(-c3ccccc3)cc2-c2ccccc2)c1. The summed E-state index contributed by atoms with van der Waals surface area (Å²) in [6, 6.07) is 60.3. The van der Waals surface area contributed by atoms with Crippen LogP contribution in [0.4, 0.5) is 5.69 Å². The molecule has 0 amide bonds. The van der Waals surface area contributed by atoms with Crippen molar-refractivity contribution in [2.24, 2.45) is 10.4 Å². The van der Waals surface area contributed by atoms with Gasteiger partial charge in [-0.25, -0.2) is 4.98 Å². The number of phenols is 1. The second-order valence-corrected chi connectivity index (χ2v) is 19.6. The molecule has 0 saturated heterocycles. The zero-order valence-electron chi connectivity index (χ0n) is 37.8. The van der Waals surface area contributed by atoms with Crippen LogP contribution in [0.2, 0.25) is 0 Å². The molecular weight excluding hydrogens is 783 g/mol. The Morgan fingerprint density at radius 2 is 1.27 bits per heavy atom. The van der Waals surface area contributed by atoms with Crippen molar-refractivity contribution in [3.8, 4) is 50.8 Å². The summed E-state index contributed by atoms with van der Waals surface area (Å²) in [6.07, 6.45) is 0.922. The Kier molecular flexibility index (Phi) is 10.2. The summed E-state index contributed by atoms with van der Waals surface area (Å²) in [6.45, 7) is 15.7. The van der Waals surface area contributed by atoms with Crippen molar-refractivity contribution >= 4 is 22.4 Å². The van der Waals surface area contributed by atoms with Crippen molar-refractivity contribution in [3.05, 3.63) is 198 Å². The number of aromatic nitrogens is 1. The maximum Gasteiger partial charge on any atom is 0.219 e. The van der Waals surface area contributed by atoms with E-state index < -0.39 is 0 Å². The lowest BCUT2D eigenvalue weighted by Gasteiger charge is -2.46. The first kappa shape index (κ1) is 41.1. The van der Waals surface area contributed by atoms with E-state index in [1.54, 1.807) is 0 Å². The van der Waals surface area contributed by atoms with Gasteiger partial charge in [0.15, 0.2) is 0 Å². The molecule has 0 bridgehead atoms. The van der Waals surface area contributed by atoms with Crippen LogP contribution in [-0.2, 0) is 11.8 Å². The molecule has 0 radical (unpaired) electrons. The van der Waals surface area contributed by atoms with Gasteiger partial charge in [0.25, 0.3) is 0 Å². The molecule has 1 N–H and O–H groups in total. The topological polar surface area (TPSA) is 58.0 Å². The van der Waals surface area contributed by atoms with E-state index in [1.807, 2.05) is 18.2 Å². The number of rotatable bonds is 8. The first-order valence-electron chi connectivity index (χ1n) is 22.6. The van der Waals surface area contributed by atoms with E-state index in [0.717, 1.165) is 67.8 Å². The average Bonchev–Trinajstić information content (AvgIpc) is 3.71. The molecule has 2 atom stereocenters. The largest absolute Gasteiger partial charge is 0.506 e.